The summed E-state index contributed by atoms with van der Waals surface area (Å²) >= 11 is 0. The summed E-state index contributed by atoms with van der Waals surface area (Å²) in [6, 6.07) is 6.49. The van der Waals surface area contributed by atoms with Gasteiger partial charge in [0, 0.05) is 43.9 Å². The van der Waals surface area contributed by atoms with E-state index < -0.39 is 9.84 Å². The van der Waals surface area contributed by atoms with Gasteiger partial charge < -0.3 is 4.90 Å². The van der Waals surface area contributed by atoms with Crippen molar-refractivity contribution in [1.29, 1.82) is 0 Å². The Morgan fingerprint density at radius 3 is 2.48 bits per heavy atom. The number of amides is 1. The number of halogens is 1. The van der Waals surface area contributed by atoms with Crippen LogP contribution in [0.3, 0.4) is 0 Å². The van der Waals surface area contributed by atoms with Crippen LogP contribution in [0.5, 0.6) is 0 Å². The summed E-state index contributed by atoms with van der Waals surface area (Å²) in [7, 11) is -2.89. The van der Waals surface area contributed by atoms with E-state index in [1.807, 2.05) is 0 Å². The van der Waals surface area contributed by atoms with E-state index >= 15 is 0 Å². The fourth-order valence-corrected chi connectivity index (χ4v) is 5.27. The highest BCUT2D eigenvalue weighted by Crippen LogP contribution is 2.20. The molecule has 0 spiro atoms. The summed E-state index contributed by atoms with van der Waals surface area (Å²) in [4.78, 5) is 16.3. The van der Waals surface area contributed by atoms with Crippen LogP contribution in [0.4, 0.5) is 4.39 Å². The van der Waals surface area contributed by atoms with Crippen LogP contribution >= 0.6 is 0 Å². The molecule has 2 fully saturated rings. The lowest BCUT2D eigenvalue weighted by Crippen LogP contribution is -2.52. The summed E-state index contributed by atoms with van der Waals surface area (Å²) in [5.41, 5.74) is 1.04. The lowest BCUT2D eigenvalue weighted by Gasteiger charge is -2.37. The third-order valence-electron chi connectivity index (χ3n) is 4.99. The van der Waals surface area contributed by atoms with Gasteiger partial charge in [0.15, 0.2) is 9.84 Å². The van der Waals surface area contributed by atoms with E-state index in [0.717, 1.165) is 0 Å². The number of carbonyl (C=O) groups is 1. The van der Waals surface area contributed by atoms with Crippen molar-refractivity contribution in [2.75, 3.05) is 37.7 Å². The van der Waals surface area contributed by atoms with Gasteiger partial charge in [-0.1, -0.05) is 18.2 Å². The molecule has 1 unspecified atom stereocenters. The average molecular weight is 366 g/mol. The van der Waals surface area contributed by atoms with Crippen molar-refractivity contribution in [1.82, 2.24) is 9.80 Å². The Morgan fingerprint density at radius 2 is 1.88 bits per heavy atom. The SMILES string of the molecule is CC(=CC(=O)N1CCN(C2CCS(=O)(=O)C2)CC1)c1ccccc1F. The molecule has 136 valence electrons. The monoisotopic (exact) mass is 366 g/mol. The van der Waals surface area contributed by atoms with Gasteiger partial charge >= 0.3 is 0 Å². The number of sulfone groups is 1. The molecule has 1 atom stereocenters. The molecule has 1 aromatic rings. The maximum Gasteiger partial charge on any atom is 0.246 e. The van der Waals surface area contributed by atoms with Gasteiger partial charge in [-0.05, 0) is 25.0 Å². The highest BCUT2D eigenvalue weighted by molar-refractivity contribution is 7.91. The Hall–Kier alpha value is -1.73. The van der Waals surface area contributed by atoms with Crippen molar-refractivity contribution in [3.05, 3.63) is 41.7 Å². The molecule has 2 heterocycles. The van der Waals surface area contributed by atoms with Gasteiger partial charge in [-0.25, -0.2) is 12.8 Å². The Balaban J connectivity index is 1.58. The van der Waals surface area contributed by atoms with Crippen molar-refractivity contribution in [2.45, 2.75) is 19.4 Å². The number of benzene rings is 1. The lowest BCUT2D eigenvalue weighted by molar-refractivity contribution is -0.127. The predicted molar refractivity (Wildman–Crippen MR) is 95.3 cm³/mol. The number of piperazine rings is 1. The smallest absolute Gasteiger partial charge is 0.246 e. The Bertz CT molecular complexity index is 783. The van der Waals surface area contributed by atoms with Gasteiger partial charge in [-0.15, -0.1) is 0 Å². The normalized spacial score (nSPS) is 24.5. The molecule has 2 saturated heterocycles. The van der Waals surface area contributed by atoms with Gasteiger partial charge in [0.2, 0.25) is 5.91 Å². The molecular weight excluding hydrogens is 343 g/mol. The van der Waals surface area contributed by atoms with Gasteiger partial charge in [-0.3, -0.25) is 9.69 Å². The minimum absolute atomic E-state index is 0.0814. The number of allylic oxidation sites excluding steroid dienone is 1. The first-order valence-corrected chi connectivity index (χ1v) is 10.3. The molecule has 0 N–H and O–H groups in total. The van der Waals surface area contributed by atoms with Crippen LogP contribution in [0.25, 0.3) is 5.57 Å². The maximum absolute atomic E-state index is 13.8. The molecule has 1 amide bonds. The average Bonchev–Trinajstić information content (AvgIpc) is 2.95. The number of hydrogen-bond donors (Lipinski definition) is 0. The molecule has 0 aliphatic carbocycles. The molecular formula is C18H23FN2O3S. The summed E-state index contributed by atoms with van der Waals surface area (Å²) in [5, 5.41) is 0. The van der Waals surface area contributed by atoms with E-state index in [1.165, 1.54) is 12.1 Å². The Labute approximate surface area is 148 Å². The molecule has 5 nitrogen and oxygen atoms in total. The Morgan fingerprint density at radius 1 is 1.20 bits per heavy atom. The van der Waals surface area contributed by atoms with E-state index in [1.54, 1.807) is 30.0 Å². The van der Waals surface area contributed by atoms with Crippen molar-refractivity contribution < 1.29 is 17.6 Å². The molecule has 2 aliphatic rings. The first-order chi connectivity index (χ1) is 11.9. The molecule has 0 aromatic heterocycles. The topological polar surface area (TPSA) is 57.7 Å². The molecule has 0 saturated carbocycles. The van der Waals surface area contributed by atoms with Crippen LogP contribution in [-0.2, 0) is 14.6 Å². The van der Waals surface area contributed by atoms with Gasteiger partial charge in [0.25, 0.3) is 0 Å². The number of rotatable bonds is 3. The van der Waals surface area contributed by atoms with E-state index in [4.69, 9.17) is 0 Å². The Kier molecular flexibility index (Phi) is 5.24. The fraction of sp³-hybridized carbons (Fsp3) is 0.500. The zero-order valence-corrected chi connectivity index (χ0v) is 15.1. The van der Waals surface area contributed by atoms with E-state index in [0.29, 0.717) is 43.7 Å². The van der Waals surface area contributed by atoms with E-state index in [9.17, 15) is 17.6 Å². The van der Waals surface area contributed by atoms with Crippen molar-refractivity contribution in [2.24, 2.45) is 0 Å². The molecule has 0 radical (unpaired) electrons. The number of nitrogens with zero attached hydrogens (tertiary/aromatic N) is 2. The van der Waals surface area contributed by atoms with Crippen LogP contribution in [0, 0.1) is 5.82 Å². The van der Waals surface area contributed by atoms with Crippen LogP contribution in [-0.4, -0.2) is 67.9 Å². The van der Waals surface area contributed by atoms with Crippen LogP contribution in [0.2, 0.25) is 0 Å². The maximum atomic E-state index is 13.8. The molecule has 25 heavy (non-hydrogen) atoms. The van der Waals surface area contributed by atoms with Gasteiger partial charge in [0.1, 0.15) is 5.82 Å². The third kappa shape index (κ3) is 4.27. The first-order valence-electron chi connectivity index (χ1n) is 8.52. The second-order valence-electron chi connectivity index (χ2n) is 6.73. The van der Waals surface area contributed by atoms with Gasteiger partial charge in [0.05, 0.1) is 11.5 Å². The van der Waals surface area contributed by atoms with Crippen molar-refractivity contribution in [3.8, 4) is 0 Å². The molecule has 0 bridgehead atoms. The summed E-state index contributed by atoms with van der Waals surface area (Å²) in [6.45, 7) is 4.22. The lowest BCUT2D eigenvalue weighted by atomic mass is 10.1. The van der Waals surface area contributed by atoms with Crippen LogP contribution in [0.1, 0.15) is 18.9 Å². The standard InChI is InChI=1S/C18H23FN2O3S/c1-14(16-4-2-3-5-17(16)19)12-18(22)21-9-7-20(8-10-21)15-6-11-25(23,24)13-15/h2-5,12,15H,6-11,13H2,1H3. The quantitative estimate of drug-likeness (QED) is 0.762. The highest BCUT2D eigenvalue weighted by atomic mass is 32.2. The minimum Gasteiger partial charge on any atom is -0.337 e. The third-order valence-corrected chi connectivity index (χ3v) is 6.74. The van der Waals surface area contributed by atoms with E-state index in [2.05, 4.69) is 4.90 Å². The summed E-state index contributed by atoms with van der Waals surface area (Å²) < 4.78 is 37.0. The van der Waals surface area contributed by atoms with Crippen molar-refractivity contribution in [3.63, 3.8) is 0 Å². The zero-order chi connectivity index (χ0) is 18.0. The summed E-state index contributed by atoms with van der Waals surface area (Å²) in [5.74, 6) is 0.0324. The molecule has 1 aromatic carbocycles. The van der Waals surface area contributed by atoms with Crippen molar-refractivity contribution >= 4 is 21.3 Å². The zero-order valence-electron chi connectivity index (χ0n) is 14.3. The second kappa shape index (κ2) is 7.25. The molecule has 7 heteroatoms. The minimum atomic E-state index is -2.89. The molecule has 3 rings (SSSR count). The second-order valence-corrected chi connectivity index (χ2v) is 8.95. The van der Waals surface area contributed by atoms with Crippen LogP contribution < -0.4 is 0 Å². The van der Waals surface area contributed by atoms with Crippen LogP contribution in [0.15, 0.2) is 30.3 Å². The first kappa shape index (κ1) is 18.1. The predicted octanol–water partition coefficient (Wildman–Crippen LogP) is 1.56. The van der Waals surface area contributed by atoms with E-state index in [-0.39, 0.29) is 29.3 Å². The fourth-order valence-electron chi connectivity index (χ4n) is 3.51. The molecule has 2 aliphatic heterocycles. The largest absolute Gasteiger partial charge is 0.337 e. The van der Waals surface area contributed by atoms with Gasteiger partial charge in [-0.2, -0.15) is 0 Å². The number of carbonyl (C=O) groups excluding carboxylic acids is 1. The highest BCUT2D eigenvalue weighted by Gasteiger charge is 2.34. The summed E-state index contributed by atoms with van der Waals surface area (Å²) in [6.07, 6.45) is 2.16. The number of hydrogen-bond acceptors (Lipinski definition) is 4.